The second-order valence-corrected chi connectivity index (χ2v) is 7.65. The second-order valence-electron chi connectivity index (χ2n) is 7.65. The van der Waals surface area contributed by atoms with Crippen LogP contribution in [0.3, 0.4) is 0 Å². The minimum Gasteiger partial charge on any atom is -0.426 e. The summed E-state index contributed by atoms with van der Waals surface area (Å²) in [4.78, 5) is 27.1. The average molecular weight is 409 g/mol. The van der Waals surface area contributed by atoms with Crippen molar-refractivity contribution in [2.75, 3.05) is 25.2 Å². The predicted molar refractivity (Wildman–Crippen MR) is 108 cm³/mol. The van der Waals surface area contributed by atoms with E-state index in [4.69, 9.17) is 4.74 Å². The van der Waals surface area contributed by atoms with E-state index >= 15 is 0 Å². The first kappa shape index (κ1) is 23.1. The molecule has 4 N–H and O–H groups in total. The summed E-state index contributed by atoms with van der Waals surface area (Å²) in [5.41, 5.74) is 0.728. The lowest BCUT2D eigenvalue weighted by molar-refractivity contribution is -0.131. The lowest BCUT2D eigenvalue weighted by Crippen LogP contribution is -2.61. The van der Waals surface area contributed by atoms with Crippen LogP contribution in [0.25, 0.3) is 0 Å². The Hall–Kier alpha value is -2.17. The van der Waals surface area contributed by atoms with E-state index in [2.05, 4.69) is 10.6 Å². The molecule has 0 unspecified atom stereocenters. The van der Waals surface area contributed by atoms with E-state index in [1.807, 2.05) is 18.7 Å². The summed E-state index contributed by atoms with van der Waals surface area (Å²) in [6, 6.07) is 4.43. The normalized spacial score (nSPS) is 18.0. The lowest BCUT2D eigenvalue weighted by Gasteiger charge is -2.42. The van der Waals surface area contributed by atoms with Crippen LogP contribution in [-0.2, 0) is 14.3 Å². The van der Waals surface area contributed by atoms with E-state index in [0.717, 1.165) is 5.69 Å². The Bertz CT molecular complexity index is 689. The maximum absolute atomic E-state index is 13.1. The van der Waals surface area contributed by atoms with Gasteiger partial charge in [-0.05, 0) is 43.0 Å². The van der Waals surface area contributed by atoms with Crippen molar-refractivity contribution in [2.45, 2.75) is 44.7 Å². The highest BCUT2D eigenvalue weighted by atomic mass is 19.1. The molecule has 3 atom stereocenters. The summed E-state index contributed by atoms with van der Waals surface area (Å²) in [6.45, 7) is 4.39. The van der Waals surface area contributed by atoms with Gasteiger partial charge in [0.2, 0.25) is 11.8 Å². The van der Waals surface area contributed by atoms with Crippen LogP contribution in [-0.4, -0.2) is 67.3 Å². The van der Waals surface area contributed by atoms with Gasteiger partial charge < -0.3 is 30.3 Å². The fourth-order valence-corrected chi connectivity index (χ4v) is 3.27. The number of ether oxygens (including phenoxy) is 1. The van der Waals surface area contributed by atoms with Gasteiger partial charge in [-0.25, -0.2) is 4.39 Å². The van der Waals surface area contributed by atoms with Gasteiger partial charge in [-0.15, -0.1) is 0 Å². The number of hydrogen-bond acceptors (Lipinski definition) is 6. The molecule has 1 fully saturated rings. The maximum Gasteiger partial charge on any atom is 0.475 e. The number of nitrogens with one attached hydrogen (secondary N) is 2. The molecular formula is C19H29BFN3O5. The summed E-state index contributed by atoms with van der Waals surface area (Å²) >= 11 is 0. The van der Waals surface area contributed by atoms with E-state index in [-0.39, 0.29) is 24.2 Å². The van der Waals surface area contributed by atoms with Gasteiger partial charge in [0.15, 0.2) is 0 Å². The standard InChI is InChI=1S/C19H29BFN3O5/c1-12(2)10-17(20(27)28)23-18(25)15(11-29-3)22-19(26)16-8-9-24(16)14-6-4-13(21)5-7-14/h4-7,12,15-17,27-28H,8-11H2,1-3H3,(H,22,26)(H,23,25)/t15-,16-,17-/m0/s1. The monoisotopic (exact) mass is 409 g/mol. The molecular weight excluding hydrogens is 380 g/mol. The number of halogens is 1. The molecule has 1 heterocycles. The summed E-state index contributed by atoms with van der Waals surface area (Å²) < 4.78 is 18.2. The molecule has 1 aromatic rings. The molecule has 0 spiro atoms. The second kappa shape index (κ2) is 10.6. The largest absolute Gasteiger partial charge is 0.475 e. The van der Waals surface area contributed by atoms with Crippen LogP contribution in [0.15, 0.2) is 24.3 Å². The number of carbonyl (C=O) groups excluding carboxylic acids is 2. The van der Waals surface area contributed by atoms with Gasteiger partial charge in [-0.2, -0.15) is 0 Å². The number of amides is 2. The molecule has 2 amide bonds. The Morgan fingerprint density at radius 1 is 1.28 bits per heavy atom. The molecule has 1 aromatic carbocycles. The van der Waals surface area contributed by atoms with Crippen molar-refractivity contribution in [1.82, 2.24) is 10.6 Å². The van der Waals surface area contributed by atoms with Crippen LogP contribution < -0.4 is 15.5 Å². The van der Waals surface area contributed by atoms with Crippen molar-refractivity contribution in [2.24, 2.45) is 5.92 Å². The topological polar surface area (TPSA) is 111 Å². The quantitative estimate of drug-likeness (QED) is 0.408. The van der Waals surface area contributed by atoms with Crippen LogP contribution >= 0.6 is 0 Å². The zero-order valence-electron chi connectivity index (χ0n) is 17.0. The number of rotatable bonds is 10. The van der Waals surface area contributed by atoms with Crippen molar-refractivity contribution in [3.05, 3.63) is 30.1 Å². The van der Waals surface area contributed by atoms with Crippen LogP contribution in [0.1, 0.15) is 26.7 Å². The summed E-state index contributed by atoms with van der Waals surface area (Å²) in [5.74, 6) is -1.96. The van der Waals surface area contributed by atoms with Crippen molar-refractivity contribution in [1.29, 1.82) is 0 Å². The summed E-state index contributed by atoms with van der Waals surface area (Å²) in [6.07, 6.45) is 0.980. The van der Waals surface area contributed by atoms with Crippen LogP contribution in [0.2, 0.25) is 0 Å². The maximum atomic E-state index is 13.1. The van der Waals surface area contributed by atoms with Crippen LogP contribution in [0.5, 0.6) is 0 Å². The SMILES string of the molecule is COC[C@H](NC(=O)[C@@H]1CCN1c1ccc(F)cc1)C(=O)N[C@@H](CC(C)C)B(O)O. The van der Waals surface area contributed by atoms with Gasteiger partial charge in [0, 0.05) is 19.3 Å². The number of nitrogens with zero attached hydrogens (tertiary/aromatic N) is 1. The van der Waals surface area contributed by atoms with Crippen molar-refractivity contribution in [3.8, 4) is 0 Å². The van der Waals surface area contributed by atoms with Gasteiger partial charge in [-0.1, -0.05) is 13.8 Å². The summed E-state index contributed by atoms with van der Waals surface area (Å²) in [7, 11) is -0.298. The molecule has 0 radical (unpaired) electrons. The van der Waals surface area contributed by atoms with E-state index in [0.29, 0.717) is 19.4 Å². The van der Waals surface area contributed by atoms with Crippen molar-refractivity contribution in [3.63, 3.8) is 0 Å². The van der Waals surface area contributed by atoms with Crippen LogP contribution in [0.4, 0.5) is 10.1 Å². The highest BCUT2D eigenvalue weighted by Crippen LogP contribution is 2.26. The number of methoxy groups -OCH3 is 1. The molecule has 0 aromatic heterocycles. The lowest BCUT2D eigenvalue weighted by atomic mass is 9.75. The molecule has 29 heavy (non-hydrogen) atoms. The zero-order valence-corrected chi connectivity index (χ0v) is 17.0. The van der Waals surface area contributed by atoms with E-state index in [1.165, 1.54) is 19.2 Å². The number of anilines is 1. The molecule has 1 aliphatic rings. The molecule has 160 valence electrons. The Balaban J connectivity index is 2.00. The number of hydrogen-bond donors (Lipinski definition) is 4. The highest BCUT2D eigenvalue weighted by Gasteiger charge is 2.37. The smallest absolute Gasteiger partial charge is 0.426 e. The summed E-state index contributed by atoms with van der Waals surface area (Å²) in [5, 5.41) is 24.3. The molecule has 8 nitrogen and oxygen atoms in total. The first-order valence-corrected chi connectivity index (χ1v) is 9.71. The third kappa shape index (κ3) is 6.41. The minimum atomic E-state index is -1.71. The third-order valence-electron chi connectivity index (χ3n) is 4.86. The Morgan fingerprint density at radius 2 is 1.93 bits per heavy atom. The van der Waals surface area contributed by atoms with Gasteiger partial charge in [0.1, 0.15) is 17.9 Å². The van der Waals surface area contributed by atoms with Crippen molar-refractivity contribution < 1.29 is 28.8 Å². The van der Waals surface area contributed by atoms with E-state index in [1.54, 1.807) is 12.1 Å². The van der Waals surface area contributed by atoms with E-state index < -0.39 is 31.1 Å². The molecule has 10 heteroatoms. The van der Waals surface area contributed by atoms with Gasteiger partial charge >= 0.3 is 7.12 Å². The number of benzene rings is 1. The Kier molecular flexibility index (Phi) is 8.42. The van der Waals surface area contributed by atoms with E-state index in [9.17, 15) is 24.0 Å². The Labute approximate surface area is 170 Å². The van der Waals surface area contributed by atoms with Crippen LogP contribution in [0, 0.1) is 11.7 Å². The molecule has 0 saturated carbocycles. The molecule has 0 bridgehead atoms. The molecule has 2 rings (SSSR count). The minimum absolute atomic E-state index is 0.0588. The predicted octanol–water partition coefficient (Wildman–Crippen LogP) is 0.0785. The first-order chi connectivity index (χ1) is 13.7. The van der Waals surface area contributed by atoms with Crippen molar-refractivity contribution >= 4 is 24.6 Å². The zero-order chi connectivity index (χ0) is 21.6. The fraction of sp³-hybridized carbons (Fsp3) is 0.579. The van der Waals surface area contributed by atoms with Gasteiger partial charge in [0.05, 0.1) is 12.5 Å². The highest BCUT2D eigenvalue weighted by molar-refractivity contribution is 6.43. The third-order valence-corrected chi connectivity index (χ3v) is 4.86. The van der Waals surface area contributed by atoms with Gasteiger partial charge in [-0.3, -0.25) is 9.59 Å². The Morgan fingerprint density at radius 3 is 2.41 bits per heavy atom. The molecule has 0 aliphatic carbocycles. The molecule has 1 saturated heterocycles. The van der Waals surface area contributed by atoms with Gasteiger partial charge in [0.25, 0.3) is 0 Å². The first-order valence-electron chi connectivity index (χ1n) is 9.71. The number of carbonyl (C=O) groups is 2. The molecule has 1 aliphatic heterocycles. The average Bonchev–Trinajstić information content (AvgIpc) is 2.61. The fourth-order valence-electron chi connectivity index (χ4n) is 3.27.